The van der Waals surface area contributed by atoms with Gasteiger partial charge in [-0.25, -0.2) is 0 Å². The summed E-state index contributed by atoms with van der Waals surface area (Å²) in [6.07, 6.45) is 11.7. The molecule has 114 valence electrons. The molecule has 0 aromatic heterocycles. The predicted octanol–water partition coefficient (Wildman–Crippen LogP) is 6.37. The maximum absolute atomic E-state index is 2.44. The van der Waals surface area contributed by atoms with Crippen LogP contribution in [0.15, 0.2) is 60.7 Å². The van der Waals surface area contributed by atoms with Gasteiger partial charge in [0, 0.05) is 5.92 Å². The van der Waals surface area contributed by atoms with Crippen LogP contribution in [0, 0.1) is 12.8 Å². The summed E-state index contributed by atoms with van der Waals surface area (Å²) in [5.41, 5.74) is 4.12. The van der Waals surface area contributed by atoms with Crippen molar-refractivity contribution in [2.75, 3.05) is 0 Å². The highest BCUT2D eigenvalue weighted by atomic mass is 14.3. The molecule has 22 heavy (non-hydrogen) atoms. The maximum Gasteiger partial charge on any atom is 0.00495 e. The van der Waals surface area contributed by atoms with Crippen molar-refractivity contribution in [3.8, 4) is 0 Å². The lowest BCUT2D eigenvalue weighted by molar-refractivity contribution is 0.332. The molecular weight excluding hydrogens is 264 g/mol. The molecule has 0 heteroatoms. The van der Waals surface area contributed by atoms with E-state index in [4.69, 9.17) is 0 Å². The van der Waals surface area contributed by atoms with E-state index in [0.29, 0.717) is 5.92 Å². The summed E-state index contributed by atoms with van der Waals surface area (Å²) in [5, 5.41) is 0. The summed E-state index contributed by atoms with van der Waals surface area (Å²) in [4.78, 5) is 0. The van der Waals surface area contributed by atoms with Gasteiger partial charge in [0.15, 0.2) is 0 Å². The van der Waals surface area contributed by atoms with Crippen molar-refractivity contribution in [1.82, 2.24) is 0 Å². The summed E-state index contributed by atoms with van der Waals surface area (Å²) < 4.78 is 0. The van der Waals surface area contributed by atoms with Gasteiger partial charge in [-0.2, -0.15) is 0 Å². The van der Waals surface area contributed by atoms with E-state index < -0.39 is 0 Å². The predicted molar refractivity (Wildman–Crippen MR) is 96.0 cm³/mol. The summed E-state index contributed by atoms with van der Waals surface area (Å²) in [6, 6.07) is 19.8. The first-order valence-electron chi connectivity index (χ1n) is 8.63. The number of hydrogen-bond acceptors (Lipinski definition) is 0. The highest BCUT2D eigenvalue weighted by molar-refractivity contribution is 5.50. The Morgan fingerprint density at radius 1 is 0.864 bits per heavy atom. The van der Waals surface area contributed by atoms with Crippen LogP contribution in [0.3, 0.4) is 0 Å². The van der Waals surface area contributed by atoms with Crippen LogP contribution >= 0.6 is 0 Å². The largest absolute Gasteiger partial charge is 0.0761 e. The van der Waals surface area contributed by atoms with Crippen LogP contribution in [0.1, 0.15) is 54.7 Å². The summed E-state index contributed by atoms with van der Waals surface area (Å²) >= 11 is 0. The smallest absolute Gasteiger partial charge is 0.00495 e. The zero-order valence-corrected chi connectivity index (χ0v) is 13.5. The normalized spacial score (nSPS) is 17.7. The van der Waals surface area contributed by atoms with Crippen LogP contribution in [0.2, 0.25) is 0 Å². The molecule has 0 N–H and O–H groups in total. The third-order valence-corrected chi connectivity index (χ3v) is 4.92. The Hall–Kier alpha value is -1.82. The van der Waals surface area contributed by atoms with Crippen molar-refractivity contribution < 1.29 is 0 Å². The molecule has 0 amide bonds. The highest BCUT2D eigenvalue weighted by Gasteiger charge is 2.22. The highest BCUT2D eigenvalue weighted by Crippen LogP contribution is 2.37. The molecule has 1 fully saturated rings. The zero-order chi connectivity index (χ0) is 15.2. The summed E-state index contributed by atoms with van der Waals surface area (Å²) in [6.45, 7) is 2.17. The Kier molecular flexibility index (Phi) is 5.11. The van der Waals surface area contributed by atoms with E-state index in [1.165, 1.54) is 48.8 Å². The summed E-state index contributed by atoms with van der Waals surface area (Å²) in [5.74, 6) is 1.36. The van der Waals surface area contributed by atoms with E-state index in [1.54, 1.807) is 0 Å². The minimum atomic E-state index is 0.557. The molecule has 2 aromatic carbocycles. The van der Waals surface area contributed by atoms with Gasteiger partial charge in [-0.3, -0.25) is 0 Å². The molecule has 1 atom stereocenters. The molecule has 0 aliphatic heterocycles. The Balaban J connectivity index is 1.85. The second-order valence-electron chi connectivity index (χ2n) is 6.60. The Bertz CT molecular complexity index is 586. The molecule has 3 rings (SSSR count). The monoisotopic (exact) mass is 290 g/mol. The molecular formula is C22H26. The van der Waals surface area contributed by atoms with Crippen molar-refractivity contribution in [2.45, 2.75) is 44.9 Å². The minimum Gasteiger partial charge on any atom is -0.0761 e. The number of hydrogen-bond donors (Lipinski definition) is 0. The number of aryl methyl sites for hydroxylation is 1. The van der Waals surface area contributed by atoms with E-state index in [9.17, 15) is 0 Å². The molecule has 1 aliphatic carbocycles. The van der Waals surface area contributed by atoms with Crippen molar-refractivity contribution in [3.63, 3.8) is 0 Å². The fourth-order valence-electron chi connectivity index (χ4n) is 3.60. The standard InChI is InChI=1S/C22H26/c1-18-12-15-21(16-13-18)22(20-10-6-3-7-11-20)17-14-19-8-4-2-5-9-19/h2,4-5,8-9,12-17,20,22H,3,6-7,10-11H2,1H3/b17-14+. The lowest BCUT2D eigenvalue weighted by atomic mass is 9.76. The van der Waals surface area contributed by atoms with Crippen LogP contribution in [0.4, 0.5) is 0 Å². The van der Waals surface area contributed by atoms with Crippen LogP contribution in [-0.4, -0.2) is 0 Å². The zero-order valence-electron chi connectivity index (χ0n) is 13.5. The lowest BCUT2D eigenvalue weighted by Gasteiger charge is -2.29. The fraction of sp³-hybridized carbons (Fsp3) is 0.364. The van der Waals surface area contributed by atoms with Gasteiger partial charge in [0.1, 0.15) is 0 Å². The van der Waals surface area contributed by atoms with E-state index >= 15 is 0 Å². The Morgan fingerprint density at radius 3 is 2.23 bits per heavy atom. The lowest BCUT2D eigenvalue weighted by Crippen LogP contribution is -2.14. The molecule has 1 saturated carbocycles. The third kappa shape index (κ3) is 3.88. The molecule has 0 nitrogen and oxygen atoms in total. The van der Waals surface area contributed by atoms with Crippen molar-refractivity contribution in [3.05, 3.63) is 77.4 Å². The molecule has 0 heterocycles. The van der Waals surface area contributed by atoms with E-state index in [1.807, 2.05) is 0 Å². The average molecular weight is 290 g/mol. The Morgan fingerprint density at radius 2 is 1.55 bits per heavy atom. The second-order valence-corrected chi connectivity index (χ2v) is 6.60. The topological polar surface area (TPSA) is 0 Å². The number of allylic oxidation sites excluding steroid dienone is 1. The first kappa shape index (κ1) is 15.1. The van der Waals surface area contributed by atoms with Gasteiger partial charge in [0.25, 0.3) is 0 Å². The van der Waals surface area contributed by atoms with Crippen LogP contribution in [0.25, 0.3) is 6.08 Å². The van der Waals surface area contributed by atoms with Crippen LogP contribution < -0.4 is 0 Å². The number of benzene rings is 2. The molecule has 1 aliphatic rings. The first-order chi connectivity index (χ1) is 10.8. The fourth-order valence-corrected chi connectivity index (χ4v) is 3.60. The van der Waals surface area contributed by atoms with Gasteiger partial charge in [-0.1, -0.05) is 91.6 Å². The third-order valence-electron chi connectivity index (χ3n) is 4.92. The molecule has 0 spiro atoms. The van der Waals surface area contributed by atoms with Gasteiger partial charge in [0.05, 0.1) is 0 Å². The van der Waals surface area contributed by atoms with Gasteiger partial charge < -0.3 is 0 Å². The van der Waals surface area contributed by atoms with E-state index in [0.717, 1.165) is 5.92 Å². The second kappa shape index (κ2) is 7.45. The number of rotatable bonds is 4. The van der Waals surface area contributed by atoms with Gasteiger partial charge in [0.2, 0.25) is 0 Å². The minimum absolute atomic E-state index is 0.557. The van der Waals surface area contributed by atoms with Gasteiger partial charge in [-0.05, 0) is 36.8 Å². The van der Waals surface area contributed by atoms with E-state index in [2.05, 4.69) is 73.7 Å². The van der Waals surface area contributed by atoms with E-state index in [-0.39, 0.29) is 0 Å². The summed E-state index contributed by atoms with van der Waals surface area (Å²) in [7, 11) is 0. The molecule has 2 aromatic rings. The maximum atomic E-state index is 2.44. The molecule has 0 bridgehead atoms. The SMILES string of the molecule is Cc1ccc(C(/C=C/c2ccccc2)C2CCCCC2)cc1. The van der Waals surface area contributed by atoms with Crippen LogP contribution in [-0.2, 0) is 0 Å². The quantitative estimate of drug-likeness (QED) is 0.613. The van der Waals surface area contributed by atoms with Crippen molar-refractivity contribution in [2.24, 2.45) is 5.92 Å². The van der Waals surface area contributed by atoms with Crippen molar-refractivity contribution in [1.29, 1.82) is 0 Å². The molecule has 0 saturated heterocycles. The van der Waals surface area contributed by atoms with Crippen LogP contribution in [0.5, 0.6) is 0 Å². The average Bonchev–Trinajstić information content (AvgIpc) is 2.58. The van der Waals surface area contributed by atoms with Crippen molar-refractivity contribution >= 4 is 6.08 Å². The van der Waals surface area contributed by atoms with Gasteiger partial charge in [-0.15, -0.1) is 0 Å². The molecule has 0 radical (unpaired) electrons. The van der Waals surface area contributed by atoms with Gasteiger partial charge >= 0.3 is 0 Å². The first-order valence-corrected chi connectivity index (χ1v) is 8.63. The Labute approximate surface area is 134 Å². The molecule has 1 unspecified atom stereocenters.